The van der Waals surface area contributed by atoms with E-state index in [0.29, 0.717) is 5.57 Å². The van der Waals surface area contributed by atoms with Gasteiger partial charge in [0.25, 0.3) is 0 Å². The van der Waals surface area contributed by atoms with Gasteiger partial charge in [0.05, 0.1) is 38.4 Å². The fourth-order valence-electron chi connectivity index (χ4n) is 7.17. The molecular formula is C29H33N5O7. The molecule has 3 aliphatic heterocycles. The summed E-state index contributed by atoms with van der Waals surface area (Å²) >= 11 is 0. The van der Waals surface area contributed by atoms with Crippen molar-refractivity contribution < 1.29 is 33.4 Å². The number of amides is 1. The molecule has 5 rings (SSSR count). The van der Waals surface area contributed by atoms with Gasteiger partial charge in [-0.25, -0.2) is 0 Å². The molecular weight excluding hydrogens is 530 g/mol. The van der Waals surface area contributed by atoms with E-state index in [1.54, 1.807) is 14.0 Å². The molecule has 0 aromatic rings. The second-order valence-electron chi connectivity index (χ2n) is 11.1. The number of allylic oxidation sites excluding steroid dienone is 4. The largest absolute Gasteiger partial charge is 0.492 e. The van der Waals surface area contributed by atoms with E-state index in [1.165, 1.54) is 28.1 Å². The summed E-state index contributed by atoms with van der Waals surface area (Å²) in [6, 6.07) is -2.02. The lowest BCUT2D eigenvalue weighted by atomic mass is 9.67. The van der Waals surface area contributed by atoms with Gasteiger partial charge in [0.1, 0.15) is 6.04 Å². The maximum atomic E-state index is 13.8. The molecule has 0 aromatic carbocycles. The Kier molecular flexibility index (Phi) is 7.09. The molecule has 216 valence electrons. The number of nitriles is 1. The topological polar surface area (TPSA) is 172 Å². The number of fused-ring (bicyclic) bond motifs is 5. The minimum atomic E-state index is -0.889. The lowest BCUT2D eigenvalue weighted by molar-refractivity contribution is -0.126. The predicted molar refractivity (Wildman–Crippen MR) is 144 cm³/mol. The number of ether oxygens (including phenoxy) is 2. The summed E-state index contributed by atoms with van der Waals surface area (Å²) < 4.78 is 10.7. The third-order valence-corrected chi connectivity index (χ3v) is 9.10. The van der Waals surface area contributed by atoms with E-state index in [9.17, 15) is 29.2 Å². The molecule has 0 aromatic heterocycles. The molecule has 3 unspecified atom stereocenters. The van der Waals surface area contributed by atoms with Crippen LogP contribution < -0.4 is 11.1 Å². The fourth-order valence-corrected chi connectivity index (χ4v) is 7.17. The molecule has 6 atom stereocenters. The summed E-state index contributed by atoms with van der Waals surface area (Å²) in [6.07, 6.45) is 0.192. The number of methoxy groups -OCH3 is 2. The molecule has 41 heavy (non-hydrogen) atoms. The Bertz CT molecular complexity index is 1480. The molecule has 0 radical (unpaired) electrons. The molecule has 3 N–H and O–H groups in total. The lowest BCUT2D eigenvalue weighted by Crippen LogP contribution is -2.74. The SMILES string of the molecule is COC1=C(C)C(=O)C2=C(C1=O)C(CNC(=O)[C@H](C)N)N1C(C2)[C@H]2C3=C(C[C@@H](C1C#N)N2C)C(=O)C(C)=C(OC)C3=O. The van der Waals surface area contributed by atoms with Crippen LogP contribution in [0.2, 0.25) is 0 Å². The van der Waals surface area contributed by atoms with Crippen molar-refractivity contribution in [2.45, 2.75) is 69.9 Å². The van der Waals surface area contributed by atoms with E-state index in [2.05, 4.69) is 11.4 Å². The number of hydrogen-bond acceptors (Lipinski definition) is 11. The number of nitrogens with one attached hydrogen (secondary N) is 1. The van der Waals surface area contributed by atoms with Crippen molar-refractivity contribution in [3.63, 3.8) is 0 Å². The maximum Gasteiger partial charge on any atom is 0.236 e. The van der Waals surface area contributed by atoms with Crippen LogP contribution in [0.3, 0.4) is 0 Å². The predicted octanol–water partition coefficient (Wildman–Crippen LogP) is -0.391. The molecule has 5 aliphatic rings. The molecule has 3 heterocycles. The molecule has 12 heteroatoms. The molecule has 0 spiro atoms. The monoisotopic (exact) mass is 563 g/mol. The number of carbonyl (C=O) groups excluding carboxylic acids is 5. The number of Topliss-reactive ketones (excluding diaryl/α,β-unsaturated/α-hetero) is 4. The molecule has 12 nitrogen and oxygen atoms in total. The summed E-state index contributed by atoms with van der Waals surface area (Å²) in [5, 5.41) is 13.3. The van der Waals surface area contributed by atoms with Gasteiger partial charge in [-0.05, 0) is 40.7 Å². The van der Waals surface area contributed by atoms with Crippen molar-refractivity contribution in [3.05, 3.63) is 45.0 Å². The number of likely N-dealkylation sites (N-methyl/N-ethyl adjacent to an activating group) is 1. The number of hydrogen-bond donors (Lipinski definition) is 2. The Labute approximate surface area is 237 Å². The third kappa shape index (κ3) is 3.94. The summed E-state index contributed by atoms with van der Waals surface area (Å²) in [5.41, 5.74) is 7.20. The molecule has 1 amide bonds. The van der Waals surface area contributed by atoms with Crippen molar-refractivity contribution in [1.29, 1.82) is 5.26 Å². The van der Waals surface area contributed by atoms with Gasteiger partial charge in [-0.15, -0.1) is 0 Å². The van der Waals surface area contributed by atoms with Crippen LogP contribution in [0, 0.1) is 11.3 Å². The van der Waals surface area contributed by atoms with Crippen molar-refractivity contribution in [2.75, 3.05) is 27.8 Å². The first-order chi connectivity index (χ1) is 19.4. The van der Waals surface area contributed by atoms with Crippen LogP contribution in [0.5, 0.6) is 0 Å². The van der Waals surface area contributed by atoms with Crippen molar-refractivity contribution in [2.24, 2.45) is 5.73 Å². The zero-order valence-electron chi connectivity index (χ0n) is 23.9. The highest BCUT2D eigenvalue weighted by Crippen LogP contribution is 2.48. The minimum Gasteiger partial charge on any atom is -0.492 e. The Balaban J connectivity index is 1.71. The molecule has 2 aliphatic carbocycles. The molecule has 2 bridgehead atoms. The highest BCUT2D eigenvalue weighted by Gasteiger charge is 2.59. The van der Waals surface area contributed by atoms with Crippen LogP contribution in [0.15, 0.2) is 45.0 Å². The molecule has 1 saturated heterocycles. The van der Waals surface area contributed by atoms with Gasteiger partial charge in [-0.3, -0.25) is 33.8 Å². The van der Waals surface area contributed by atoms with E-state index in [4.69, 9.17) is 15.2 Å². The number of rotatable bonds is 5. The van der Waals surface area contributed by atoms with E-state index in [1.807, 2.05) is 9.80 Å². The van der Waals surface area contributed by atoms with Crippen LogP contribution in [-0.2, 0) is 33.4 Å². The van der Waals surface area contributed by atoms with Crippen molar-refractivity contribution >= 4 is 29.0 Å². The Morgan fingerprint density at radius 1 is 0.976 bits per heavy atom. The first kappa shape index (κ1) is 28.6. The summed E-state index contributed by atoms with van der Waals surface area (Å²) in [4.78, 5) is 71.0. The lowest BCUT2D eigenvalue weighted by Gasteiger charge is -2.60. The molecule has 1 fully saturated rings. The van der Waals surface area contributed by atoms with Gasteiger partial charge in [0.15, 0.2) is 23.1 Å². The highest BCUT2D eigenvalue weighted by atomic mass is 16.5. The number of piperazine rings is 1. The average molecular weight is 564 g/mol. The van der Waals surface area contributed by atoms with Gasteiger partial charge in [-0.1, -0.05) is 0 Å². The first-order valence-corrected chi connectivity index (χ1v) is 13.5. The van der Waals surface area contributed by atoms with E-state index >= 15 is 0 Å². The third-order valence-electron chi connectivity index (χ3n) is 9.10. The summed E-state index contributed by atoms with van der Waals surface area (Å²) in [5.74, 6) is -2.14. The normalized spacial score (nSPS) is 31.0. The minimum absolute atomic E-state index is 0.0292. The Hall–Kier alpha value is -3.92. The van der Waals surface area contributed by atoms with Gasteiger partial charge >= 0.3 is 0 Å². The van der Waals surface area contributed by atoms with Crippen molar-refractivity contribution in [3.8, 4) is 6.07 Å². The van der Waals surface area contributed by atoms with Gasteiger partial charge in [0, 0.05) is 52.1 Å². The van der Waals surface area contributed by atoms with Crippen molar-refractivity contribution in [1.82, 2.24) is 15.1 Å². The van der Waals surface area contributed by atoms with E-state index < -0.39 is 53.7 Å². The number of ketones is 4. The number of nitrogens with two attached hydrogens (primary N) is 1. The second kappa shape index (κ2) is 10.2. The standard InChI is InChI=1S/C29H33N5O7/c1-11-23(35)14-8-17-22-21-15(24(36)12(2)28(41-6)26(21)38)7-16(33(22)4)18(9-30)34(17)19(10-32-29(39)13(3)31)20(14)25(37)27(11)40-5/h13,16-19,22H,7-8,10,31H2,1-6H3,(H,32,39)/t13-,16-,17?,18?,19?,22-/m0/s1. The van der Waals surface area contributed by atoms with Gasteiger partial charge in [-0.2, -0.15) is 5.26 Å². The fraction of sp³-hybridized carbons (Fsp3) is 0.517. The van der Waals surface area contributed by atoms with Gasteiger partial charge in [0.2, 0.25) is 17.5 Å². The quantitative estimate of drug-likeness (QED) is 0.417. The Morgan fingerprint density at radius 3 is 2.00 bits per heavy atom. The van der Waals surface area contributed by atoms with Gasteiger partial charge < -0.3 is 20.5 Å². The van der Waals surface area contributed by atoms with Crippen LogP contribution in [0.25, 0.3) is 0 Å². The van der Waals surface area contributed by atoms with E-state index in [-0.39, 0.29) is 70.3 Å². The first-order valence-electron chi connectivity index (χ1n) is 13.5. The highest BCUT2D eigenvalue weighted by molar-refractivity contribution is 6.26. The number of nitrogens with zero attached hydrogens (tertiary/aromatic N) is 3. The maximum absolute atomic E-state index is 13.8. The second-order valence-corrected chi connectivity index (χ2v) is 11.1. The summed E-state index contributed by atoms with van der Waals surface area (Å²) in [6.45, 7) is 4.49. The van der Waals surface area contributed by atoms with Crippen LogP contribution in [-0.4, -0.2) is 103 Å². The van der Waals surface area contributed by atoms with Crippen LogP contribution in [0.4, 0.5) is 0 Å². The zero-order chi connectivity index (χ0) is 30.1. The Morgan fingerprint density at radius 2 is 1.49 bits per heavy atom. The zero-order valence-corrected chi connectivity index (χ0v) is 23.9. The van der Waals surface area contributed by atoms with Crippen LogP contribution in [0.1, 0.15) is 33.6 Å². The van der Waals surface area contributed by atoms with E-state index in [0.717, 1.165) is 0 Å². The molecule has 0 saturated carbocycles. The summed E-state index contributed by atoms with van der Waals surface area (Å²) in [7, 11) is 4.46. The average Bonchev–Trinajstić information content (AvgIpc) is 2.93. The number of carbonyl (C=O) groups is 5. The van der Waals surface area contributed by atoms with Crippen LogP contribution >= 0.6 is 0 Å². The smallest absolute Gasteiger partial charge is 0.236 e.